The highest BCUT2D eigenvalue weighted by Crippen LogP contribution is 2.36. The fourth-order valence-electron chi connectivity index (χ4n) is 6.02. The first kappa shape index (κ1) is 35.3. The third-order valence-electron chi connectivity index (χ3n) is 7.97. The first-order chi connectivity index (χ1) is 22.4. The van der Waals surface area contributed by atoms with E-state index in [4.69, 9.17) is 0 Å². The number of benzene rings is 3. The third kappa shape index (κ3) is 7.22. The summed E-state index contributed by atoms with van der Waals surface area (Å²) in [5.41, 5.74) is 15.3. The standard InChI is InChI=1S/C45H46B/c1-11-20-28-33(16-6)42-36(18-8)41(31-21-12-2)44(32(10)38(42)25-13-3)46-45-37(19-9)39(26-14-4)43(34-29-23-22-24-30-34)35(17-7)40(45)27-15-5/h11-31H,2,6-9H2,1,3-5,10H3/b20-11-,25-13-,26-14-,27-15-,31-21-,33-28+. The highest BCUT2D eigenvalue weighted by atomic mass is 14.2. The smallest absolute Gasteiger partial charge is 0.0991 e. The molecule has 0 saturated carbocycles. The van der Waals surface area contributed by atoms with E-state index in [9.17, 15) is 0 Å². The molecule has 0 N–H and O–H groups in total. The van der Waals surface area contributed by atoms with Crippen molar-refractivity contribution in [2.24, 2.45) is 0 Å². The molecule has 3 rings (SSSR count). The molecule has 46 heavy (non-hydrogen) atoms. The monoisotopic (exact) mass is 597 g/mol. The Morgan fingerprint density at radius 1 is 0.587 bits per heavy atom. The van der Waals surface area contributed by atoms with Crippen LogP contribution < -0.4 is 10.9 Å². The maximum atomic E-state index is 4.34. The minimum Gasteiger partial charge on any atom is -0.0991 e. The zero-order valence-corrected chi connectivity index (χ0v) is 28.2. The number of allylic oxidation sites excluding steroid dienone is 10. The van der Waals surface area contributed by atoms with Gasteiger partial charge < -0.3 is 0 Å². The maximum absolute atomic E-state index is 4.34. The summed E-state index contributed by atoms with van der Waals surface area (Å²) in [6.45, 7) is 31.5. The maximum Gasteiger partial charge on any atom is 0.194 e. The average molecular weight is 598 g/mol. The van der Waals surface area contributed by atoms with Crippen LogP contribution in [-0.2, 0) is 0 Å². The van der Waals surface area contributed by atoms with Gasteiger partial charge >= 0.3 is 0 Å². The van der Waals surface area contributed by atoms with Crippen molar-refractivity contribution in [1.29, 1.82) is 0 Å². The van der Waals surface area contributed by atoms with Gasteiger partial charge in [-0.2, -0.15) is 0 Å². The zero-order valence-electron chi connectivity index (χ0n) is 28.2. The van der Waals surface area contributed by atoms with Crippen LogP contribution in [0.5, 0.6) is 0 Å². The highest BCUT2D eigenvalue weighted by molar-refractivity contribution is 6.70. The molecule has 3 aromatic rings. The van der Waals surface area contributed by atoms with Crippen molar-refractivity contribution in [3.05, 3.63) is 168 Å². The SMILES string of the molecule is C=C/C=C\c1c([B]c2c(C=C)c(/C=C\C)c(-c3ccccc3)c(C=C)c2/C=C\C)c(C)c(/C=C\C)c(/C(C=C)=C/C=C\C)c1C=C. The van der Waals surface area contributed by atoms with E-state index in [1.165, 1.54) is 0 Å². The molecule has 0 unspecified atom stereocenters. The van der Waals surface area contributed by atoms with Gasteiger partial charge in [0, 0.05) is 0 Å². The Morgan fingerprint density at radius 3 is 1.72 bits per heavy atom. The molecule has 3 aromatic carbocycles. The molecule has 0 heterocycles. The normalized spacial score (nSPS) is 12.2. The van der Waals surface area contributed by atoms with Gasteiger partial charge in [0.1, 0.15) is 0 Å². The van der Waals surface area contributed by atoms with Gasteiger partial charge in [-0.25, -0.2) is 0 Å². The number of hydrogen-bond acceptors (Lipinski definition) is 0. The lowest BCUT2D eigenvalue weighted by Gasteiger charge is -2.26. The molecule has 0 bridgehead atoms. The lowest BCUT2D eigenvalue weighted by Crippen LogP contribution is -2.37. The summed E-state index contributed by atoms with van der Waals surface area (Å²) in [5, 5.41) is 0. The van der Waals surface area contributed by atoms with Crippen molar-refractivity contribution in [1.82, 2.24) is 0 Å². The van der Waals surface area contributed by atoms with Gasteiger partial charge in [0.05, 0.1) is 0 Å². The van der Waals surface area contributed by atoms with Gasteiger partial charge in [-0.1, -0.05) is 171 Å². The van der Waals surface area contributed by atoms with Gasteiger partial charge in [0.25, 0.3) is 0 Å². The Bertz CT molecular complexity index is 1810. The van der Waals surface area contributed by atoms with Crippen LogP contribution in [0.3, 0.4) is 0 Å². The van der Waals surface area contributed by atoms with Crippen LogP contribution in [0.1, 0.15) is 77.8 Å². The van der Waals surface area contributed by atoms with Crippen LogP contribution in [0.4, 0.5) is 0 Å². The van der Waals surface area contributed by atoms with E-state index in [0.29, 0.717) is 0 Å². The highest BCUT2D eigenvalue weighted by Gasteiger charge is 2.25. The molecule has 0 fully saturated rings. The Morgan fingerprint density at radius 2 is 1.17 bits per heavy atom. The molecular formula is C45H46B. The molecule has 0 amide bonds. The zero-order chi connectivity index (χ0) is 33.6. The summed E-state index contributed by atoms with van der Waals surface area (Å²) in [4.78, 5) is 0. The van der Waals surface area contributed by atoms with E-state index >= 15 is 0 Å². The molecule has 0 aromatic heterocycles. The first-order valence-electron chi connectivity index (χ1n) is 15.8. The molecule has 0 spiro atoms. The molecule has 0 saturated heterocycles. The minimum atomic E-state index is 1.03. The fraction of sp³-hybridized carbons (Fsp3) is 0.111. The van der Waals surface area contributed by atoms with Crippen molar-refractivity contribution in [2.75, 3.05) is 0 Å². The molecule has 0 atom stereocenters. The molecule has 1 heteroatoms. The van der Waals surface area contributed by atoms with E-state index in [-0.39, 0.29) is 0 Å². The predicted molar refractivity (Wildman–Crippen MR) is 215 cm³/mol. The summed E-state index contributed by atoms with van der Waals surface area (Å²) in [5.74, 6) is 0. The van der Waals surface area contributed by atoms with Gasteiger partial charge in [0.2, 0.25) is 0 Å². The van der Waals surface area contributed by atoms with Crippen molar-refractivity contribution in [2.45, 2.75) is 34.6 Å². The van der Waals surface area contributed by atoms with Gasteiger partial charge in [-0.15, -0.1) is 0 Å². The molecule has 0 aliphatic heterocycles. The van der Waals surface area contributed by atoms with Crippen LogP contribution >= 0.6 is 0 Å². The fourth-order valence-corrected chi connectivity index (χ4v) is 6.02. The van der Waals surface area contributed by atoms with Crippen molar-refractivity contribution in [3.63, 3.8) is 0 Å². The van der Waals surface area contributed by atoms with Crippen LogP contribution in [0.2, 0.25) is 0 Å². The Hall–Kier alpha value is -5.14. The first-order valence-corrected chi connectivity index (χ1v) is 15.8. The quantitative estimate of drug-likeness (QED) is 0.128. The van der Waals surface area contributed by atoms with E-state index in [1.54, 1.807) is 0 Å². The van der Waals surface area contributed by atoms with Crippen LogP contribution in [0, 0.1) is 6.92 Å². The molecular weight excluding hydrogens is 551 g/mol. The second-order valence-electron chi connectivity index (χ2n) is 10.7. The third-order valence-corrected chi connectivity index (χ3v) is 7.97. The topological polar surface area (TPSA) is 0 Å². The molecule has 0 nitrogen and oxygen atoms in total. The molecule has 0 aliphatic carbocycles. The van der Waals surface area contributed by atoms with Crippen molar-refractivity contribution in [3.8, 4) is 11.1 Å². The second-order valence-corrected chi connectivity index (χ2v) is 10.7. The average Bonchev–Trinajstić information content (AvgIpc) is 3.07. The van der Waals surface area contributed by atoms with Crippen molar-refractivity contribution >= 4 is 66.3 Å². The number of hydrogen-bond donors (Lipinski definition) is 0. The Labute approximate surface area is 279 Å². The molecule has 0 aliphatic rings. The molecule has 1 radical (unpaired) electrons. The second kappa shape index (κ2) is 17.4. The lowest BCUT2D eigenvalue weighted by atomic mass is 9.55. The van der Waals surface area contributed by atoms with Crippen LogP contribution in [0.15, 0.2) is 118 Å². The summed E-state index contributed by atoms with van der Waals surface area (Å²) < 4.78 is 0. The van der Waals surface area contributed by atoms with Crippen molar-refractivity contribution < 1.29 is 0 Å². The Kier molecular flexibility index (Phi) is 13.4. The molecule has 229 valence electrons. The van der Waals surface area contributed by atoms with E-state index < -0.39 is 0 Å². The van der Waals surface area contributed by atoms with E-state index in [0.717, 1.165) is 77.7 Å². The van der Waals surface area contributed by atoms with E-state index in [2.05, 4.69) is 141 Å². The minimum absolute atomic E-state index is 1.03. The lowest BCUT2D eigenvalue weighted by molar-refractivity contribution is 1.42. The summed E-state index contributed by atoms with van der Waals surface area (Å²) >= 11 is 0. The summed E-state index contributed by atoms with van der Waals surface area (Å²) in [6.07, 6.45) is 32.8. The van der Waals surface area contributed by atoms with Crippen LogP contribution in [0.25, 0.3) is 59.2 Å². The van der Waals surface area contributed by atoms with Crippen LogP contribution in [-0.4, -0.2) is 7.28 Å². The summed E-state index contributed by atoms with van der Waals surface area (Å²) in [7, 11) is 2.31. The van der Waals surface area contributed by atoms with Gasteiger partial charge in [-0.05, 0) is 101 Å². The number of rotatable bonds is 14. The predicted octanol–water partition coefficient (Wildman–Crippen LogP) is 11.7. The van der Waals surface area contributed by atoms with E-state index in [1.807, 2.05) is 61.6 Å². The summed E-state index contributed by atoms with van der Waals surface area (Å²) in [6, 6.07) is 10.5. The largest absolute Gasteiger partial charge is 0.194 e. The van der Waals surface area contributed by atoms with Gasteiger partial charge in [-0.3, -0.25) is 0 Å². The Balaban J connectivity index is 2.65. The van der Waals surface area contributed by atoms with Gasteiger partial charge in [0.15, 0.2) is 7.28 Å².